The number of piperidine rings is 1. The third kappa shape index (κ3) is 2.80. The zero-order valence-electron chi connectivity index (χ0n) is 17.2. The van der Waals surface area contributed by atoms with Gasteiger partial charge in [-0.3, -0.25) is 14.8 Å². The Morgan fingerprint density at radius 2 is 1.86 bits per heavy atom. The van der Waals surface area contributed by atoms with Crippen LogP contribution < -0.4 is 0 Å². The van der Waals surface area contributed by atoms with E-state index in [1.165, 1.54) is 24.5 Å². The number of amides is 1. The molecule has 1 aliphatic carbocycles. The van der Waals surface area contributed by atoms with Gasteiger partial charge in [0.1, 0.15) is 11.3 Å². The molecule has 2 aliphatic heterocycles. The summed E-state index contributed by atoms with van der Waals surface area (Å²) in [5.74, 6) is -0.332. The summed E-state index contributed by atoms with van der Waals surface area (Å²) in [5.41, 5.74) is 0.400. The van der Waals surface area contributed by atoms with Crippen LogP contribution in [0.3, 0.4) is 0 Å². The van der Waals surface area contributed by atoms with Gasteiger partial charge in [0.05, 0.1) is 22.3 Å². The molecule has 0 spiro atoms. The van der Waals surface area contributed by atoms with Crippen molar-refractivity contribution in [3.63, 3.8) is 0 Å². The Labute approximate surface area is 169 Å². The number of carbonyl (C=O) groups excluding carboxylic acids is 1. The lowest BCUT2D eigenvalue weighted by molar-refractivity contribution is 0.00578. The van der Waals surface area contributed by atoms with Crippen molar-refractivity contribution in [2.24, 2.45) is 5.92 Å². The van der Waals surface area contributed by atoms with Gasteiger partial charge >= 0.3 is 7.12 Å². The molecule has 2 aromatic rings. The number of fused-ring (bicyclic) bond motifs is 2. The van der Waals surface area contributed by atoms with Crippen LogP contribution in [0.5, 0.6) is 0 Å². The molecule has 0 radical (unpaired) electrons. The highest BCUT2D eigenvalue weighted by Gasteiger charge is 2.70. The van der Waals surface area contributed by atoms with Crippen molar-refractivity contribution >= 4 is 24.1 Å². The summed E-state index contributed by atoms with van der Waals surface area (Å²) < 4.78 is 26.7. The van der Waals surface area contributed by atoms with Crippen molar-refractivity contribution in [3.05, 3.63) is 35.9 Å². The molecule has 8 heteroatoms. The Morgan fingerprint density at radius 3 is 2.55 bits per heavy atom. The minimum atomic E-state index is -0.476. The summed E-state index contributed by atoms with van der Waals surface area (Å²) in [6.45, 7) is 9.48. The average Bonchev–Trinajstić information content (AvgIpc) is 3.35. The van der Waals surface area contributed by atoms with Gasteiger partial charge < -0.3 is 14.2 Å². The molecule has 3 heterocycles. The number of carbonyl (C=O) groups is 1. The molecule has 1 aromatic carbocycles. The van der Waals surface area contributed by atoms with Crippen molar-refractivity contribution in [2.45, 2.75) is 57.1 Å². The number of rotatable bonds is 2. The van der Waals surface area contributed by atoms with Crippen LogP contribution in [0, 0.1) is 11.7 Å². The fourth-order valence-electron chi connectivity index (χ4n) is 4.70. The van der Waals surface area contributed by atoms with Gasteiger partial charge in [0.15, 0.2) is 0 Å². The van der Waals surface area contributed by atoms with Crippen molar-refractivity contribution in [3.8, 4) is 0 Å². The normalized spacial score (nSPS) is 29.8. The van der Waals surface area contributed by atoms with Crippen molar-refractivity contribution in [2.75, 3.05) is 13.1 Å². The van der Waals surface area contributed by atoms with Crippen LogP contribution in [-0.4, -0.2) is 52.2 Å². The van der Waals surface area contributed by atoms with Crippen LogP contribution >= 0.6 is 0 Å². The Balaban J connectivity index is 1.36. The molecule has 1 amide bonds. The van der Waals surface area contributed by atoms with Crippen molar-refractivity contribution in [1.82, 2.24) is 14.9 Å². The highest BCUT2D eigenvalue weighted by atomic mass is 19.1. The van der Waals surface area contributed by atoms with E-state index in [4.69, 9.17) is 9.31 Å². The first-order valence-electron chi connectivity index (χ1n) is 10.2. The van der Waals surface area contributed by atoms with Gasteiger partial charge in [0.2, 0.25) is 0 Å². The number of aromatic nitrogens is 2. The zero-order valence-corrected chi connectivity index (χ0v) is 17.2. The number of halogens is 1. The second-order valence-electron chi connectivity index (χ2n) is 9.60. The average molecular weight is 397 g/mol. The first kappa shape index (κ1) is 18.9. The number of hydrogen-bond donors (Lipinski definition) is 0. The fourth-order valence-corrected chi connectivity index (χ4v) is 4.70. The van der Waals surface area contributed by atoms with E-state index in [2.05, 4.69) is 37.7 Å². The zero-order chi connectivity index (χ0) is 20.6. The molecule has 3 aliphatic rings. The number of nitrogens with zero attached hydrogens (tertiary/aromatic N) is 3. The second-order valence-corrected chi connectivity index (χ2v) is 9.60. The molecular formula is C21H25BFN3O3. The summed E-state index contributed by atoms with van der Waals surface area (Å²) in [4.78, 5) is 23.4. The third-order valence-electron chi connectivity index (χ3n) is 7.35. The SMILES string of the molecule is CC1(C)OB(C23CCN(C(=O)c4cc(F)cc5nccnc45)CC2C3)OC1(C)C. The number of benzene rings is 1. The lowest BCUT2D eigenvalue weighted by Crippen LogP contribution is -2.42. The topological polar surface area (TPSA) is 64.5 Å². The predicted octanol–water partition coefficient (Wildman–Crippen LogP) is 3.47. The highest BCUT2D eigenvalue weighted by molar-refractivity contribution is 6.51. The second kappa shape index (κ2) is 5.98. The fraction of sp³-hybridized carbons (Fsp3) is 0.571. The lowest BCUT2D eigenvalue weighted by atomic mass is 9.63. The Bertz CT molecular complexity index is 998. The van der Waals surface area contributed by atoms with Crippen LogP contribution in [0.15, 0.2) is 24.5 Å². The van der Waals surface area contributed by atoms with Gasteiger partial charge in [0, 0.05) is 36.9 Å². The van der Waals surface area contributed by atoms with E-state index in [0.717, 1.165) is 12.8 Å². The molecule has 6 nitrogen and oxygen atoms in total. The number of hydrogen-bond acceptors (Lipinski definition) is 5. The van der Waals surface area contributed by atoms with Gasteiger partial charge in [-0.15, -0.1) is 0 Å². The van der Waals surface area contributed by atoms with Crippen LogP contribution in [0.2, 0.25) is 5.31 Å². The van der Waals surface area contributed by atoms with Crippen LogP contribution in [0.1, 0.15) is 50.9 Å². The van der Waals surface area contributed by atoms with Crippen LogP contribution in [0.25, 0.3) is 11.0 Å². The Morgan fingerprint density at radius 1 is 1.17 bits per heavy atom. The van der Waals surface area contributed by atoms with Gasteiger partial charge in [-0.1, -0.05) is 0 Å². The molecule has 3 fully saturated rings. The smallest absolute Gasteiger partial charge is 0.403 e. The standard InChI is InChI=1S/C21H25BFN3O3/c1-19(2)20(3,4)29-22(28-19)21-5-8-26(12-13(21)11-21)18(27)15-9-14(23)10-16-17(15)25-7-6-24-16/h6-7,9-10,13H,5,8,11-12H2,1-4H3. The third-order valence-corrected chi connectivity index (χ3v) is 7.35. The molecule has 2 unspecified atom stereocenters. The van der Waals surface area contributed by atoms with E-state index < -0.39 is 5.82 Å². The van der Waals surface area contributed by atoms with Gasteiger partial charge in [-0.05, 0) is 52.5 Å². The summed E-state index contributed by atoms with van der Waals surface area (Å²) in [5, 5.41) is -0.0222. The van der Waals surface area contributed by atoms with Crippen LogP contribution in [0.4, 0.5) is 4.39 Å². The van der Waals surface area contributed by atoms with Gasteiger partial charge in [-0.25, -0.2) is 4.39 Å². The van der Waals surface area contributed by atoms with Crippen LogP contribution in [-0.2, 0) is 9.31 Å². The maximum atomic E-state index is 14.0. The van der Waals surface area contributed by atoms with E-state index in [-0.39, 0.29) is 35.1 Å². The molecule has 2 saturated heterocycles. The molecule has 1 saturated carbocycles. The van der Waals surface area contributed by atoms with E-state index >= 15 is 0 Å². The molecule has 152 valence electrons. The Kier molecular flexibility index (Phi) is 3.91. The van der Waals surface area contributed by atoms with Gasteiger partial charge in [-0.2, -0.15) is 0 Å². The van der Waals surface area contributed by atoms with E-state index in [1.54, 1.807) is 0 Å². The molecule has 29 heavy (non-hydrogen) atoms. The summed E-state index contributed by atoms with van der Waals surface area (Å²) >= 11 is 0. The summed E-state index contributed by atoms with van der Waals surface area (Å²) in [6.07, 6.45) is 4.83. The maximum Gasteiger partial charge on any atom is 0.464 e. The van der Waals surface area contributed by atoms with E-state index in [0.29, 0.717) is 30.0 Å². The summed E-state index contributed by atoms with van der Waals surface area (Å²) in [7, 11) is -0.240. The Hall–Kier alpha value is -2.06. The molecule has 2 atom stereocenters. The number of likely N-dealkylation sites (tertiary alicyclic amines) is 1. The predicted molar refractivity (Wildman–Crippen MR) is 107 cm³/mol. The highest BCUT2D eigenvalue weighted by Crippen LogP contribution is 2.69. The molecule has 1 aromatic heterocycles. The first-order chi connectivity index (χ1) is 13.6. The monoisotopic (exact) mass is 397 g/mol. The molecule has 5 rings (SSSR count). The van der Waals surface area contributed by atoms with E-state index in [1.807, 2.05) is 4.90 Å². The van der Waals surface area contributed by atoms with Gasteiger partial charge in [0.25, 0.3) is 5.91 Å². The molecule has 0 bridgehead atoms. The maximum absolute atomic E-state index is 14.0. The van der Waals surface area contributed by atoms with Crippen molar-refractivity contribution < 1.29 is 18.5 Å². The quantitative estimate of drug-likeness (QED) is 0.727. The van der Waals surface area contributed by atoms with E-state index in [9.17, 15) is 9.18 Å². The molecule has 0 N–H and O–H groups in total. The molecular weight excluding hydrogens is 372 g/mol. The minimum absolute atomic E-state index is 0.0222. The minimum Gasteiger partial charge on any atom is -0.403 e. The summed E-state index contributed by atoms with van der Waals surface area (Å²) in [6, 6.07) is 2.57. The lowest BCUT2D eigenvalue weighted by Gasteiger charge is -2.32. The first-order valence-corrected chi connectivity index (χ1v) is 10.2. The van der Waals surface area contributed by atoms with Crippen molar-refractivity contribution in [1.29, 1.82) is 0 Å². The largest absolute Gasteiger partial charge is 0.464 e.